The molecule has 4 rings (SSSR count). The predicted octanol–water partition coefficient (Wildman–Crippen LogP) is 4.42. The van der Waals surface area contributed by atoms with E-state index in [0.717, 1.165) is 5.56 Å². The minimum Gasteiger partial charge on any atom is -0.503 e. The Labute approximate surface area is 180 Å². The van der Waals surface area contributed by atoms with Gasteiger partial charge in [0.1, 0.15) is 11.5 Å². The number of methoxy groups -OCH3 is 1. The topological polar surface area (TPSA) is 80.0 Å². The molecule has 0 bridgehead atoms. The van der Waals surface area contributed by atoms with Crippen molar-refractivity contribution in [2.24, 2.45) is 0 Å². The lowest BCUT2D eigenvalue weighted by atomic mass is 9.94. The molecule has 0 saturated heterocycles. The van der Waals surface area contributed by atoms with Gasteiger partial charge in [-0.2, -0.15) is 0 Å². The molecule has 1 aromatic heterocycles. The van der Waals surface area contributed by atoms with E-state index in [1.807, 2.05) is 36.4 Å². The van der Waals surface area contributed by atoms with Gasteiger partial charge in [0.2, 0.25) is 5.78 Å². The summed E-state index contributed by atoms with van der Waals surface area (Å²) < 4.78 is 10.8. The number of hydrogen-bond acceptors (Lipinski definition) is 5. The second-order valence-corrected chi connectivity index (χ2v) is 7.41. The van der Waals surface area contributed by atoms with Crippen LogP contribution in [0.3, 0.4) is 0 Å². The van der Waals surface area contributed by atoms with Crippen LogP contribution in [0.1, 0.15) is 33.5 Å². The van der Waals surface area contributed by atoms with E-state index < -0.39 is 23.5 Å². The SMILES string of the molecule is COc1cccc(C2C(C(=O)c3ccc(C)o3)=C(O)C(=O)N2CCc2ccccc2)c1. The lowest BCUT2D eigenvalue weighted by Crippen LogP contribution is -2.33. The van der Waals surface area contributed by atoms with Gasteiger partial charge in [-0.15, -0.1) is 0 Å². The van der Waals surface area contributed by atoms with Gasteiger partial charge in [-0.3, -0.25) is 9.59 Å². The van der Waals surface area contributed by atoms with Crippen LogP contribution in [0.4, 0.5) is 0 Å². The average molecular weight is 417 g/mol. The fourth-order valence-electron chi connectivity index (χ4n) is 3.86. The van der Waals surface area contributed by atoms with Gasteiger partial charge in [0.15, 0.2) is 11.5 Å². The van der Waals surface area contributed by atoms with E-state index in [4.69, 9.17) is 9.15 Å². The number of Topliss-reactive ketones (excluding diaryl/α,β-unsaturated/α-hetero) is 1. The van der Waals surface area contributed by atoms with Crippen LogP contribution in [0.15, 0.2) is 82.5 Å². The van der Waals surface area contributed by atoms with Crippen molar-refractivity contribution in [1.29, 1.82) is 0 Å². The number of nitrogens with zero attached hydrogens (tertiary/aromatic N) is 1. The third-order valence-electron chi connectivity index (χ3n) is 5.41. The van der Waals surface area contributed by atoms with Crippen LogP contribution in [0.5, 0.6) is 5.75 Å². The first-order valence-electron chi connectivity index (χ1n) is 10.0. The fourth-order valence-corrected chi connectivity index (χ4v) is 3.86. The highest BCUT2D eigenvalue weighted by Gasteiger charge is 2.44. The zero-order valence-corrected chi connectivity index (χ0v) is 17.4. The number of aryl methyl sites for hydroxylation is 1. The molecule has 0 spiro atoms. The van der Waals surface area contributed by atoms with Crippen molar-refractivity contribution >= 4 is 11.7 Å². The minimum absolute atomic E-state index is 0.0145. The smallest absolute Gasteiger partial charge is 0.290 e. The quantitative estimate of drug-likeness (QED) is 0.576. The molecule has 6 nitrogen and oxygen atoms in total. The predicted molar refractivity (Wildman–Crippen MR) is 115 cm³/mol. The maximum atomic E-state index is 13.3. The summed E-state index contributed by atoms with van der Waals surface area (Å²) in [5.74, 6) is -0.361. The third kappa shape index (κ3) is 3.97. The number of ether oxygens (including phenoxy) is 1. The lowest BCUT2D eigenvalue weighted by Gasteiger charge is -2.27. The number of hydrogen-bond donors (Lipinski definition) is 1. The van der Waals surface area contributed by atoms with Crippen LogP contribution in [-0.4, -0.2) is 35.4 Å². The van der Waals surface area contributed by atoms with Crippen molar-refractivity contribution < 1.29 is 23.8 Å². The van der Waals surface area contributed by atoms with Crippen molar-refractivity contribution in [3.05, 3.63) is 101 Å². The van der Waals surface area contributed by atoms with Gasteiger partial charge in [-0.25, -0.2) is 0 Å². The summed E-state index contributed by atoms with van der Waals surface area (Å²) in [6, 6.07) is 19.4. The lowest BCUT2D eigenvalue weighted by molar-refractivity contribution is -0.129. The summed E-state index contributed by atoms with van der Waals surface area (Å²) in [5.41, 5.74) is 1.75. The summed E-state index contributed by atoms with van der Waals surface area (Å²) in [5, 5.41) is 10.7. The van der Waals surface area contributed by atoms with Crippen LogP contribution in [-0.2, 0) is 11.2 Å². The Morgan fingerprint density at radius 1 is 1.10 bits per heavy atom. The van der Waals surface area contributed by atoms with E-state index >= 15 is 0 Å². The van der Waals surface area contributed by atoms with E-state index in [0.29, 0.717) is 30.0 Å². The second kappa shape index (κ2) is 8.52. The van der Waals surface area contributed by atoms with Crippen molar-refractivity contribution in [1.82, 2.24) is 4.90 Å². The molecule has 0 fully saturated rings. The Hall–Kier alpha value is -3.80. The Bertz CT molecular complexity index is 1150. The number of amides is 1. The molecule has 6 heteroatoms. The average Bonchev–Trinajstić information content (AvgIpc) is 3.34. The minimum atomic E-state index is -0.746. The van der Waals surface area contributed by atoms with Crippen LogP contribution >= 0.6 is 0 Å². The number of aliphatic hydroxyl groups excluding tert-OH is 1. The summed E-state index contributed by atoms with van der Waals surface area (Å²) in [4.78, 5) is 27.8. The van der Waals surface area contributed by atoms with Crippen molar-refractivity contribution in [2.45, 2.75) is 19.4 Å². The number of furan rings is 1. The molecule has 2 heterocycles. The molecule has 3 aromatic rings. The molecule has 1 unspecified atom stereocenters. The summed E-state index contributed by atoms with van der Waals surface area (Å²) in [6.45, 7) is 2.07. The molecule has 0 aliphatic carbocycles. The van der Waals surface area contributed by atoms with E-state index in [1.165, 1.54) is 4.90 Å². The molecular weight excluding hydrogens is 394 g/mol. The van der Waals surface area contributed by atoms with Gasteiger partial charge >= 0.3 is 0 Å². The van der Waals surface area contributed by atoms with E-state index in [1.54, 1.807) is 44.4 Å². The zero-order valence-electron chi connectivity index (χ0n) is 17.4. The van der Waals surface area contributed by atoms with E-state index in [-0.39, 0.29) is 11.3 Å². The highest BCUT2D eigenvalue weighted by Crippen LogP contribution is 2.40. The van der Waals surface area contributed by atoms with Crippen LogP contribution in [0.25, 0.3) is 0 Å². The fraction of sp³-hybridized carbons (Fsp3) is 0.200. The second-order valence-electron chi connectivity index (χ2n) is 7.41. The zero-order chi connectivity index (χ0) is 22.0. The van der Waals surface area contributed by atoms with E-state index in [9.17, 15) is 14.7 Å². The number of carbonyl (C=O) groups is 2. The standard InChI is InChI=1S/C25H23NO5/c1-16-11-12-20(31-16)23(27)21-22(18-9-6-10-19(15-18)30-2)26(25(29)24(21)28)14-13-17-7-4-3-5-8-17/h3-12,15,22,28H,13-14H2,1-2H3. The van der Waals surface area contributed by atoms with Gasteiger partial charge in [-0.05, 0) is 48.7 Å². The van der Waals surface area contributed by atoms with Crippen LogP contribution in [0.2, 0.25) is 0 Å². The molecule has 2 aromatic carbocycles. The maximum Gasteiger partial charge on any atom is 0.290 e. The normalized spacial score (nSPS) is 16.1. The monoisotopic (exact) mass is 417 g/mol. The molecule has 31 heavy (non-hydrogen) atoms. The maximum absolute atomic E-state index is 13.3. The van der Waals surface area contributed by atoms with Crippen molar-refractivity contribution in [3.8, 4) is 5.75 Å². The highest BCUT2D eigenvalue weighted by atomic mass is 16.5. The first kappa shape index (κ1) is 20.5. The molecule has 1 aliphatic heterocycles. The Balaban J connectivity index is 1.74. The Morgan fingerprint density at radius 2 is 1.87 bits per heavy atom. The molecule has 0 radical (unpaired) electrons. The first-order chi connectivity index (χ1) is 15.0. The molecule has 0 saturated carbocycles. The Kier molecular flexibility index (Phi) is 5.62. The number of carbonyl (C=O) groups excluding carboxylic acids is 2. The van der Waals surface area contributed by atoms with Gasteiger partial charge in [-0.1, -0.05) is 42.5 Å². The summed E-state index contributed by atoms with van der Waals surface area (Å²) >= 11 is 0. The summed E-state index contributed by atoms with van der Waals surface area (Å²) in [6.07, 6.45) is 0.585. The molecule has 158 valence electrons. The third-order valence-corrected chi connectivity index (χ3v) is 5.41. The highest BCUT2D eigenvalue weighted by molar-refractivity contribution is 6.15. The first-order valence-corrected chi connectivity index (χ1v) is 10.0. The molecule has 1 amide bonds. The van der Waals surface area contributed by atoms with Gasteiger partial charge in [0, 0.05) is 6.54 Å². The van der Waals surface area contributed by atoms with Gasteiger partial charge in [0.05, 0.1) is 18.7 Å². The molecule has 1 N–H and O–H groups in total. The van der Waals surface area contributed by atoms with E-state index in [2.05, 4.69) is 0 Å². The Morgan fingerprint density at radius 3 is 2.55 bits per heavy atom. The number of benzene rings is 2. The van der Waals surface area contributed by atoms with Crippen molar-refractivity contribution in [2.75, 3.05) is 13.7 Å². The molecule has 1 atom stereocenters. The number of aliphatic hydroxyl groups is 1. The number of ketones is 1. The van der Waals surface area contributed by atoms with Gasteiger partial charge < -0.3 is 19.2 Å². The molecule has 1 aliphatic rings. The van der Waals surface area contributed by atoms with Gasteiger partial charge in [0.25, 0.3) is 5.91 Å². The van der Waals surface area contributed by atoms with Crippen LogP contribution < -0.4 is 4.74 Å². The largest absolute Gasteiger partial charge is 0.503 e. The van der Waals surface area contributed by atoms with Crippen LogP contribution in [0, 0.1) is 6.92 Å². The summed E-state index contributed by atoms with van der Waals surface area (Å²) in [7, 11) is 1.55. The number of rotatable bonds is 7. The molecular formula is C25H23NO5. The van der Waals surface area contributed by atoms with Crippen molar-refractivity contribution in [3.63, 3.8) is 0 Å².